The Morgan fingerprint density at radius 2 is 2.05 bits per heavy atom. The zero-order valence-corrected chi connectivity index (χ0v) is 13.5. The number of hydrogen-bond acceptors (Lipinski definition) is 4. The van der Waals surface area contributed by atoms with Crippen LogP contribution in [0.15, 0.2) is 12.1 Å². The molecule has 0 aromatic carbocycles. The normalized spacial score (nSPS) is 17.4. The summed E-state index contributed by atoms with van der Waals surface area (Å²) < 4.78 is 5.88. The molecule has 2 N–H and O–H groups in total. The van der Waals surface area contributed by atoms with Crippen LogP contribution in [0.5, 0.6) is 5.75 Å². The van der Waals surface area contributed by atoms with E-state index in [-0.39, 0.29) is 0 Å². The lowest BCUT2D eigenvalue weighted by Gasteiger charge is -2.23. The van der Waals surface area contributed by atoms with Gasteiger partial charge in [0.2, 0.25) is 0 Å². The monoisotopic (exact) mass is 292 g/mol. The molecule has 0 atom stereocenters. The summed E-state index contributed by atoms with van der Waals surface area (Å²) in [4.78, 5) is 4.57. The molecule has 4 heteroatoms. The highest BCUT2D eigenvalue weighted by molar-refractivity contribution is 5.29. The topological polar surface area (TPSA) is 54.4 Å². The van der Waals surface area contributed by atoms with Crippen LogP contribution in [0.3, 0.4) is 0 Å². The maximum absolute atomic E-state index is 10.4. The fourth-order valence-corrected chi connectivity index (χ4v) is 2.72. The van der Waals surface area contributed by atoms with E-state index in [1.807, 2.05) is 19.1 Å². The second kappa shape index (κ2) is 7.23. The quantitative estimate of drug-likeness (QED) is 0.811. The number of rotatable bonds is 7. The summed E-state index contributed by atoms with van der Waals surface area (Å²) in [5.41, 5.74) is 1.27. The van der Waals surface area contributed by atoms with Crippen molar-refractivity contribution in [1.82, 2.24) is 10.3 Å². The first-order valence-electron chi connectivity index (χ1n) is 8.01. The minimum Gasteiger partial charge on any atom is -0.489 e. The molecule has 1 fully saturated rings. The molecule has 0 radical (unpaired) electrons. The molecule has 21 heavy (non-hydrogen) atoms. The average molecular weight is 292 g/mol. The van der Waals surface area contributed by atoms with Crippen molar-refractivity contribution in [3.63, 3.8) is 0 Å². The van der Waals surface area contributed by atoms with Crippen molar-refractivity contribution in [3.05, 3.63) is 23.5 Å². The predicted octanol–water partition coefficient (Wildman–Crippen LogP) is 2.82. The molecule has 0 saturated heterocycles. The smallest absolute Gasteiger partial charge is 0.142 e. The highest BCUT2D eigenvalue weighted by Crippen LogP contribution is 2.30. The lowest BCUT2D eigenvalue weighted by atomic mass is 10.0. The Kier molecular flexibility index (Phi) is 5.59. The molecule has 1 aliphatic carbocycles. The zero-order valence-electron chi connectivity index (χ0n) is 13.5. The maximum atomic E-state index is 10.4. The van der Waals surface area contributed by atoms with Gasteiger partial charge >= 0.3 is 0 Å². The van der Waals surface area contributed by atoms with Crippen LogP contribution in [0.2, 0.25) is 0 Å². The van der Waals surface area contributed by atoms with E-state index >= 15 is 0 Å². The lowest BCUT2D eigenvalue weighted by molar-refractivity contribution is 0.000973. The van der Waals surface area contributed by atoms with Gasteiger partial charge in [0.05, 0.1) is 11.3 Å². The van der Waals surface area contributed by atoms with Crippen LogP contribution >= 0.6 is 0 Å². The summed E-state index contributed by atoms with van der Waals surface area (Å²) in [6.45, 7) is 8.38. The molecule has 118 valence electrons. The first-order valence-corrected chi connectivity index (χ1v) is 8.01. The fraction of sp³-hybridized carbons (Fsp3) is 0.706. The number of nitrogens with one attached hydrogen (secondary N) is 1. The van der Waals surface area contributed by atoms with Gasteiger partial charge in [-0.05, 0) is 44.4 Å². The Balaban J connectivity index is 1.97. The van der Waals surface area contributed by atoms with Gasteiger partial charge in [0.1, 0.15) is 12.4 Å². The van der Waals surface area contributed by atoms with Crippen molar-refractivity contribution < 1.29 is 9.84 Å². The largest absolute Gasteiger partial charge is 0.489 e. The lowest BCUT2D eigenvalue weighted by Crippen LogP contribution is -2.32. The highest BCUT2D eigenvalue weighted by Gasteiger charge is 2.32. The first kappa shape index (κ1) is 16.2. The van der Waals surface area contributed by atoms with Crippen LogP contribution in [0.25, 0.3) is 0 Å². The van der Waals surface area contributed by atoms with Gasteiger partial charge in [-0.15, -0.1) is 0 Å². The van der Waals surface area contributed by atoms with E-state index in [9.17, 15) is 5.11 Å². The summed E-state index contributed by atoms with van der Waals surface area (Å²) >= 11 is 0. The second-order valence-electron chi connectivity index (χ2n) is 6.64. The number of aryl methyl sites for hydroxylation is 1. The molecule has 1 heterocycles. The highest BCUT2D eigenvalue weighted by atomic mass is 16.5. The summed E-state index contributed by atoms with van der Waals surface area (Å²) in [6.07, 6.45) is 3.87. The van der Waals surface area contributed by atoms with E-state index in [2.05, 4.69) is 24.1 Å². The molecule has 0 bridgehead atoms. The Bertz CT molecular complexity index is 454. The number of pyridine rings is 1. The van der Waals surface area contributed by atoms with Crippen LogP contribution < -0.4 is 10.1 Å². The van der Waals surface area contributed by atoms with Crippen LogP contribution in [-0.4, -0.2) is 28.8 Å². The molecule has 0 amide bonds. The van der Waals surface area contributed by atoms with Crippen molar-refractivity contribution >= 4 is 0 Å². The molecule has 1 aromatic rings. The van der Waals surface area contributed by atoms with Gasteiger partial charge in [0.15, 0.2) is 0 Å². The third-order valence-electron chi connectivity index (χ3n) is 3.95. The van der Waals surface area contributed by atoms with E-state index < -0.39 is 5.60 Å². The van der Waals surface area contributed by atoms with Gasteiger partial charge in [-0.25, -0.2) is 0 Å². The van der Waals surface area contributed by atoms with Gasteiger partial charge in [-0.1, -0.05) is 26.7 Å². The van der Waals surface area contributed by atoms with Gasteiger partial charge in [-0.2, -0.15) is 0 Å². The van der Waals surface area contributed by atoms with Crippen LogP contribution in [0, 0.1) is 12.8 Å². The van der Waals surface area contributed by atoms with Crippen LogP contribution in [0.4, 0.5) is 0 Å². The third-order valence-corrected chi connectivity index (χ3v) is 3.95. The van der Waals surface area contributed by atoms with Gasteiger partial charge in [-0.3, -0.25) is 4.98 Å². The van der Waals surface area contributed by atoms with Crippen molar-refractivity contribution in [2.75, 3.05) is 13.2 Å². The van der Waals surface area contributed by atoms with E-state index in [0.29, 0.717) is 19.1 Å². The molecule has 0 aliphatic heterocycles. The third kappa shape index (κ3) is 4.97. The van der Waals surface area contributed by atoms with Gasteiger partial charge in [0.25, 0.3) is 0 Å². The Morgan fingerprint density at radius 3 is 2.71 bits per heavy atom. The van der Waals surface area contributed by atoms with E-state index in [1.165, 1.54) is 0 Å². The van der Waals surface area contributed by atoms with Gasteiger partial charge < -0.3 is 15.2 Å². The molecule has 1 aromatic heterocycles. The predicted molar refractivity (Wildman–Crippen MR) is 84.4 cm³/mol. The SMILES string of the molecule is Cc1ccc(OCC2(O)CCCC2)c(CNCC(C)C)n1. The second-order valence-corrected chi connectivity index (χ2v) is 6.64. The van der Waals surface area contributed by atoms with Gasteiger partial charge in [0, 0.05) is 12.2 Å². The Labute approximate surface area is 127 Å². The van der Waals surface area contributed by atoms with Crippen molar-refractivity contribution in [1.29, 1.82) is 0 Å². The van der Waals surface area contributed by atoms with Crippen molar-refractivity contribution in [2.45, 2.75) is 58.6 Å². The standard InChI is InChI=1S/C17H28N2O2/c1-13(2)10-18-11-15-16(7-6-14(3)19-15)21-12-17(20)8-4-5-9-17/h6-7,13,18,20H,4-5,8-12H2,1-3H3. The summed E-state index contributed by atoms with van der Waals surface area (Å²) in [5.74, 6) is 1.40. The van der Waals surface area contributed by atoms with E-state index in [1.54, 1.807) is 0 Å². The number of ether oxygens (including phenoxy) is 1. The molecule has 1 saturated carbocycles. The number of nitrogens with zero attached hydrogens (tertiary/aromatic N) is 1. The minimum absolute atomic E-state index is 0.370. The number of aliphatic hydroxyl groups is 1. The van der Waals surface area contributed by atoms with Crippen molar-refractivity contribution in [2.24, 2.45) is 5.92 Å². The fourth-order valence-electron chi connectivity index (χ4n) is 2.72. The number of aromatic nitrogens is 1. The Hall–Kier alpha value is -1.13. The number of hydrogen-bond donors (Lipinski definition) is 2. The molecular formula is C17H28N2O2. The minimum atomic E-state index is -0.645. The summed E-state index contributed by atoms with van der Waals surface area (Å²) in [6, 6.07) is 3.92. The van der Waals surface area contributed by atoms with E-state index in [4.69, 9.17) is 4.74 Å². The molecule has 4 nitrogen and oxygen atoms in total. The van der Waals surface area contributed by atoms with Crippen molar-refractivity contribution in [3.8, 4) is 5.75 Å². The van der Waals surface area contributed by atoms with E-state index in [0.717, 1.165) is 49.4 Å². The average Bonchev–Trinajstić information content (AvgIpc) is 2.85. The molecule has 0 unspecified atom stereocenters. The zero-order chi connectivity index (χ0) is 15.3. The maximum Gasteiger partial charge on any atom is 0.142 e. The summed E-state index contributed by atoms with van der Waals surface area (Å²) in [7, 11) is 0. The molecule has 2 rings (SSSR count). The molecule has 0 spiro atoms. The molecule has 1 aliphatic rings. The Morgan fingerprint density at radius 1 is 1.33 bits per heavy atom. The van der Waals surface area contributed by atoms with Crippen LogP contribution in [-0.2, 0) is 6.54 Å². The van der Waals surface area contributed by atoms with Crippen LogP contribution in [0.1, 0.15) is 50.9 Å². The summed E-state index contributed by atoms with van der Waals surface area (Å²) in [5, 5.41) is 13.8. The first-order chi connectivity index (χ1) is 9.98. The molecular weight excluding hydrogens is 264 g/mol.